The van der Waals surface area contributed by atoms with Crippen LogP contribution < -0.4 is 9.47 Å². The highest BCUT2D eigenvalue weighted by atomic mass is 16.6. The van der Waals surface area contributed by atoms with Crippen LogP contribution in [0.5, 0.6) is 11.5 Å². The zero-order valence-electron chi connectivity index (χ0n) is 18.7. The summed E-state index contributed by atoms with van der Waals surface area (Å²) >= 11 is 0. The first kappa shape index (κ1) is 31.3. The Labute approximate surface area is 202 Å². The highest BCUT2D eigenvalue weighted by Crippen LogP contribution is 2.29. The molecular formula is C20H28O16. The van der Waals surface area contributed by atoms with E-state index in [2.05, 4.69) is 4.74 Å². The second-order valence-electron chi connectivity index (χ2n) is 7.35. The molecule has 0 radical (unpaired) electrons. The molecule has 0 heterocycles. The molecule has 0 saturated carbocycles. The summed E-state index contributed by atoms with van der Waals surface area (Å²) in [6, 6.07) is 2.79. The van der Waals surface area contributed by atoms with Gasteiger partial charge in [0.2, 0.25) is 0 Å². The van der Waals surface area contributed by atoms with Gasteiger partial charge in [0.25, 0.3) is 0 Å². The van der Waals surface area contributed by atoms with E-state index in [1.165, 1.54) is 0 Å². The van der Waals surface area contributed by atoms with Crippen molar-refractivity contribution in [1.29, 1.82) is 0 Å². The summed E-state index contributed by atoms with van der Waals surface area (Å²) in [6.07, 6.45) is -17.4. The third-order valence-corrected chi connectivity index (χ3v) is 4.80. The van der Waals surface area contributed by atoms with Crippen LogP contribution in [0.25, 0.3) is 0 Å². The minimum absolute atomic E-state index is 0.329. The molecule has 0 amide bonds. The second-order valence-corrected chi connectivity index (χ2v) is 7.35. The van der Waals surface area contributed by atoms with E-state index in [0.717, 1.165) is 25.3 Å². The average molecular weight is 524 g/mol. The molecule has 16 heteroatoms. The summed E-state index contributed by atoms with van der Waals surface area (Å²) in [4.78, 5) is 36.2. The molecule has 8 atom stereocenters. The molecule has 36 heavy (non-hydrogen) atoms. The van der Waals surface area contributed by atoms with Crippen LogP contribution in [-0.2, 0) is 14.3 Å². The molecule has 0 spiro atoms. The van der Waals surface area contributed by atoms with Crippen molar-refractivity contribution < 1.29 is 79.7 Å². The molecule has 0 aliphatic rings. The number of aliphatic hydroxyl groups is 10. The fourth-order valence-corrected chi connectivity index (χ4v) is 2.58. The van der Waals surface area contributed by atoms with E-state index in [4.69, 9.17) is 19.7 Å². The van der Waals surface area contributed by atoms with Crippen molar-refractivity contribution in [1.82, 2.24) is 0 Å². The van der Waals surface area contributed by atoms with E-state index in [9.17, 15) is 55.2 Å². The Hall–Kier alpha value is -2.77. The van der Waals surface area contributed by atoms with Crippen molar-refractivity contribution in [3.8, 4) is 11.5 Å². The minimum Gasteiger partial charge on any atom is -0.493 e. The molecule has 204 valence electrons. The van der Waals surface area contributed by atoms with Gasteiger partial charge in [-0.25, -0.2) is 14.4 Å². The highest BCUT2D eigenvalue weighted by molar-refractivity contribution is 5.98. The molecule has 0 aliphatic carbocycles. The molecule has 0 unspecified atom stereocenters. The lowest BCUT2D eigenvalue weighted by Gasteiger charge is -2.24. The molecule has 1 aromatic carbocycles. The van der Waals surface area contributed by atoms with E-state index in [1.54, 1.807) is 0 Å². The maximum absolute atomic E-state index is 12.2. The number of carbonyl (C=O) groups is 3. The first-order chi connectivity index (χ1) is 16.8. The fraction of sp³-hybridized carbons (Fsp3) is 0.550. The Morgan fingerprint density at radius 3 is 1.64 bits per heavy atom. The largest absolute Gasteiger partial charge is 0.493 e. The molecule has 1 rings (SSSR count). The van der Waals surface area contributed by atoms with E-state index in [0.29, 0.717) is 0 Å². The monoisotopic (exact) mass is 524 g/mol. The van der Waals surface area contributed by atoms with Gasteiger partial charge in [0, 0.05) is 0 Å². The number of ether oxygens (including phenoxy) is 3. The molecule has 16 nitrogen and oxygen atoms in total. The van der Waals surface area contributed by atoms with Gasteiger partial charge in [0.15, 0.2) is 23.7 Å². The third-order valence-electron chi connectivity index (χ3n) is 4.80. The Balaban J connectivity index is 2.92. The fourth-order valence-electron chi connectivity index (χ4n) is 2.58. The van der Waals surface area contributed by atoms with Crippen LogP contribution in [0, 0.1) is 0 Å². The van der Waals surface area contributed by atoms with Crippen molar-refractivity contribution in [2.24, 2.45) is 0 Å². The van der Waals surface area contributed by atoms with Crippen LogP contribution in [0.2, 0.25) is 0 Å². The molecule has 0 aliphatic heterocycles. The van der Waals surface area contributed by atoms with Gasteiger partial charge >= 0.3 is 17.9 Å². The van der Waals surface area contributed by atoms with Crippen LogP contribution >= 0.6 is 0 Å². The maximum Gasteiger partial charge on any atom is 0.345 e. The lowest BCUT2D eigenvalue weighted by atomic mass is 10.0. The standard InChI is InChI=1S/C20H28O16/c1-34-11-4-7(18(31)36-20(33)17(30)15(28)13(26)9(24)6-22)2-3-10(11)35-19(32)16(29)14(27)12(25)8(23)5-21/h2-4,8-9,12-17,21-30H,5-6H2,1H3/t8-,9-,12-,13-,14+,15+,16-,17-/m1/s1. The summed E-state index contributed by atoms with van der Waals surface area (Å²) in [5, 5.41) is 94.2. The Morgan fingerprint density at radius 1 is 0.722 bits per heavy atom. The first-order valence-corrected chi connectivity index (χ1v) is 10.1. The normalized spacial score (nSPS) is 18.1. The van der Waals surface area contributed by atoms with Gasteiger partial charge in [0.05, 0.1) is 25.9 Å². The topological polar surface area (TPSA) is 281 Å². The molecule has 1 aromatic rings. The summed E-state index contributed by atoms with van der Waals surface area (Å²) in [5.41, 5.74) is -0.403. The van der Waals surface area contributed by atoms with Crippen molar-refractivity contribution in [3.05, 3.63) is 23.8 Å². The third kappa shape index (κ3) is 7.87. The summed E-state index contributed by atoms with van der Waals surface area (Å²) in [7, 11) is 1.08. The van der Waals surface area contributed by atoms with Gasteiger partial charge in [-0.15, -0.1) is 0 Å². The Bertz CT molecular complexity index is 890. The van der Waals surface area contributed by atoms with Crippen LogP contribution in [0.1, 0.15) is 10.4 Å². The number of hydrogen-bond acceptors (Lipinski definition) is 16. The molecule has 0 saturated heterocycles. The number of methoxy groups -OCH3 is 1. The zero-order valence-corrected chi connectivity index (χ0v) is 18.7. The number of benzene rings is 1. The number of rotatable bonds is 13. The molecule has 0 fully saturated rings. The molecular weight excluding hydrogens is 496 g/mol. The van der Waals surface area contributed by atoms with E-state index >= 15 is 0 Å². The average Bonchev–Trinajstić information content (AvgIpc) is 2.89. The summed E-state index contributed by atoms with van der Waals surface area (Å²) in [6.45, 7) is -1.98. The quantitative estimate of drug-likeness (QED) is 0.0653. The number of aliphatic hydroxyl groups excluding tert-OH is 10. The van der Waals surface area contributed by atoms with Gasteiger partial charge in [0.1, 0.15) is 36.6 Å². The highest BCUT2D eigenvalue weighted by Gasteiger charge is 2.37. The van der Waals surface area contributed by atoms with E-state index in [-0.39, 0.29) is 5.75 Å². The number of carbonyl (C=O) groups excluding carboxylic acids is 3. The smallest absolute Gasteiger partial charge is 0.345 e. The Kier molecular flexibility index (Phi) is 12.2. The second kappa shape index (κ2) is 14.1. The van der Waals surface area contributed by atoms with Gasteiger partial charge in [-0.05, 0) is 18.2 Å². The lowest BCUT2D eigenvalue weighted by molar-refractivity contribution is -0.164. The van der Waals surface area contributed by atoms with Crippen LogP contribution in [0.3, 0.4) is 0 Å². The predicted octanol–water partition coefficient (Wildman–Crippen LogP) is -5.84. The number of hydrogen-bond donors (Lipinski definition) is 10. The van der Waals surface area contributed by atoms with Gasteiger partial charge < -0.3 is 65.3 Å². The Morgan fingerprint density at radius 2 is 1.19 bits per heavy atom. The first-order valence-electron chi connectivity index (χ1n) is 10.1. The van der Waals surface area contributed by atoms with Crippen molar-refractivity contribution in [3.63, 3.8) is 0 Å². The van der Waals surface area contributed by atoms with Gasteiger partial charge in [-0.2, -0.15) is 0 Å². The van der Waals surface area contributed by atoms with Crippen LogP contribution in [0.4, 0.5) is 0 Å². The molecule has 0 bridgehead atoms. The lowest BCUT2D eigenvalue weighted by Crippen LogP contribution is -2.49. The van der Waals surface area contributed by atoms with E-state index < -0.39 is 91.3 Å². The van der Waals surface area contributed by atoms with Crippen molar-refractivity contribution in [2.45, 2.75) is 48.8 Å². The summed E-state index contributed by atoms with van der Waals surface area (Å²) in [5.74, 6) is -5.37. The number of esters is 3. The van der Waals surface area contributed by atoms with Crippen LogP contribution in [-0.4, -0.2) is 138 Å². The van der Waals surface area contributed by atoms with Gasteiger partial charge in [-0.1, -0.05) is 0 Å². The van der Waals surface area contributed by atoms with Crippen molar-refractivity contribution >= 4 is 17.9 Å². The maximum atomic E-state index is 12.2. The zero-order chi connectivity index (χ0) is 27.7. The van der Waals surface area contributed by atoms with Crippen LogP contribution in [0.15, 0.2) is 18.2 Å². The van der Waals surface area contributed by atoms with Gasteiger partial charge in [-0.3, -0.25) is 0 Å². The SMILES string of the molecule is COc1cc(C(=O)OC(=O)[C@H](O)[C@@H](O)[C@H](O)[C@H](O)CO)ccc1OC(=O)[C@H](O)[C@@H](O)[C@H](O)[C@H](O)CO. The van der Waals surface area contributed by atoms with E-state index in [1.807, 2.05) is 0 Å². The molecule has 0 aromatic heterocycles. The molecule has 10 N–H and O–H groups in total. The summed E-state index contributed by atoms with van der Waals surface area (Å²) < 4.78 is 14.1. The minimum atomic E-state index is -2.49. The predicted molar refractivity (Wildman–Crippen MR) is 111 cm³/mol. The van der Waals surface area contributed by atoms with Crippen molar-refractivity contribution in [2.75, 3.05) is 20.3 Å².